The number of carboxylic acids is 1. The summed E-state index contributed by atoms with van der Waals surface area (Å²) in [5.74, 6) is 0.375. The second kappa shape index (κ2) is 6.56. The van der Waals surface area contributed by atoms with E-state index >= 15 is 0 Å². The first-order valence-electron chi connectivity index (χ1n) is 8.13. The summed E-state index contributed by atoms with van der Waals surface area (Å²) in [5.41, 5.74) is 1.54. The maximum Gasteiger partial charge on any atom is 0.307 e. The monoisotopic (exact) mass is 326 g/mol. The SMILES string of the molecule is COc1ccc(C2(c3ccc(OC)cc3)CCCC2C(=O)O)cc1. The molecule has 0 saturated heterocycles. The molecule has 1 aliphatic rings. The molecule has 2 aromatic rings. The third-order valence-electron chi connectivity index (χ3n) is 5.17. The lowest BCUT2D eigenvalue weighted by Gasteiger charge is -2.35. The van der Waals surface area contributed by atoms with Crippen molar-refractivity contribution in [3.05, 3.63) is 59.7 Å². The normalized spacial score (nSPS) is 19.0. The number of hydrogen-bond acceptors (Lipinski definition) is 3. The predicted octanol–water partition coefficient (Wildman–Crippen LogP) is 3.87. The van der Waals surface area contributed by atoms with Crippen LogP contribution in [0.2, 0.25) is 0 Å². The molecule has 0 spiro atoms. The van der Waals surface area contributed by atoms with Gasteiger partial charge < -0.3 is 14.6 Å². The van der Waals surface area contributed by atoms with Crippen molar-refractivity contribution < 1.29 is 19.4 Å². The van der Waals surface area contributed by atoms with Gasteiger partial charge in [0, 0.05) is 5.41 Å². The zero-order valence-electron chi connectivity index (χ0n) is 14.0. The molecule has 1 saturated carbocycles. The summed E-state index contributed by atoms with van der Waals surface area (Å²) in [6.45, 7) is 0. The Labute approximate surface area is 142 Å². The summed E-state index contributed by atoms with van der Waals surface area (Å²) < 4.78 is 10.5. The fourth-order valence-corrected chi connectivity index (χ4v) is 3.97. The molecule has 0 heterocycles. The first kappa shape index (κ1) is 16.4. The maximum absolute atomic E-state index is 12.0. The highest BCUT2D eigenvalue weighted by Gasteiger charge is 2.49. The van der Waals surface area contributed by atoms with E-state index in [1.54, 1.807) is 14.2 Å². The predicted molar refractivity (Wildman–Crippen MR) is 91.7 cm³/mol. The van der Waals surface area contributed by atoms with Gasteiger partial charge >= 0.3 is 5.97 Å². The molecule has 0 amide bonds. The third-order valence-corrected chi connectivity index (χ3v) is 5.17. The van der Waals surface area contributed by atoms with Crippen molar-refractivity contribution in [3.8, 4) is 11.5 Å². The van der Waals surface area contributed by atoms with E-state index in [1.165, 1.54) is 0 Å². The van der Waals surface area contributed by atoms with Gasteiger partial charge in [0.1, 0.15) is 11.5 Å². The quantitative estimate of drug-likeness (QED) is 0.906. The van der Waals surface area contributed by atoms with Crippen molar-refractivity contribution in [2.24, 2.45) is 5.92 Å². The maximum atomic E-state index is 12.0. The van der Waals surface area contributed by atoms with Crippen molar-refractivity contribution in [1.82, 2.24) is 0 Å². The first-order chi connectivity index (χ1) is 11.6. The lowest BCUT2D eigenvalue weighted by molar-refractivity contribution is -0.143. The van der Waals surface area contributed by atoms with Gasteiger partial charge in [0.05, 0.1) is 20.1 Å². The van der Waals surface area contributed by atoms with Gasteiger partial charge in [0.2, 0.25) is 0 Å². The molecule has 1 aliphatic carbocycles. The number of benzene rings is 2. The van der Waals surface area contributed by atoms with Crippen molar-refractivity contribution in [1.29, 1.82) is 0 Å². The van der Waals surface area contributed by atoms with Crippen LogP contribution in [0, 0.1) is 5.92 Å². The Morgan fingerprint density at radius 1 is 0.958 bits per heavy atom. The molecule has 3 rings (SSSR count). The Hall–Kier alpha value is -2.49. The lowest BCUT2D eigenvalue weighted by Crippen LogP contribution is -2.36. The zero-order chi connectivity index (χ0) is 17.2. The van der Waals surface area contributed by atoms with E-state index in [0.717, 1.165) is 35.5 Å². The van der Waals surface area contributed by atoms with Gasteiger partial charge in [-0.2, -0.15) is 0 Å². The molecule has 2 aromatic carbocycles. The summed E-state index contributed by atoms with van der Waals surface area (Å²) in [4.78, 5) is 12.0. The number of rotatable bonds is 5. The average Bonchev–Trinajstić information content (AvgIpc) is 3.08. The highest BCUT2D eigenvalue weighted by Crippen LogP contribution is 2.51. The van der Waals surface area contributed by atoms with Gasteiger partial charge in [-0.05, 0) is 48.2 Å². The fourth-order valence-electron chi connectivity index (χ4n) is 3.97. The van der Waals surface area contributed by atoms with E-state index in [0.29, 0.717) is 6.42 Å². The minimum Gasteiger partial charge on any atom is -0.497 e. The Morgan fingerprint density at radius 3 is 1.79 bits per heavy atom. The highest BCUT2D eigenvalue weighted by atomic mass is 16.5. The van der Waals surface area contributed by atoms with Crippen LogP contribution in [0.3, 0.4) is 0 Å². The van der Waals surface area contributed by atoms with E-state index in [-0.39, 0.29) is 0 Å². The van der Waals surface area contributed by atoms with Crippen molar-refractivity contribution in [2.45, 2.75) is 24.7 Å². The summed E-state index contributed by atoms with van der Waals surface area (Å²) >= 11 is 0. The zero-order valence-corrected chi connectivity index (χ0v) is 14.0. The molecule has 0 radical (unpaired) electrons. The third kappa shape index (κ3) is 2.62. The Bertz CT molecular complexity index is 656. The number of hydrogen-bond donors (Lipinski definition) is 1. The number of methoxy groups -OCH3 is 2. The van der Waals surface area contributed by atoms with Gasteiger partial charge in [-0.15, -0.1) is 0 Å². The summed E-state index contributed by atoms with van der Waals surface area (Å²) in [5, 5.41) is 9.82. The van der Waals surface area contributed by atoms with Gasteiger partial charge in [0.25, 0.3) is 0 Å². The Kier molecular flexibility index (Phi) is 4.47. The van der Waals surface area contributed by atoms with Crippen molar-refractivity contribution in [3.63, 3.8) is 0 Å². The Balaban J connectivity index is 2.14. The standard InChI is InChI=1S/C20H22O4/c1-23-16-9-5-14(6-10-16)20(13-3-4-18(20)19(21)22)15-7-11-17(24-2)12-8-15/h5-12,18H,3-4,13H2,1-2H3,(H,21,22). The largest absolute Gasteiger partial charge is 0.497 e. The summed E-state index contributed by atoms with van der Waals surface area (Å²) in [6.07, 6.45) is 2.41. The number of carbonyl (C=O) groups is 1. The minimum absolute atomic E-state index is 0.431. The van der Waals surface area contributed by atoms with E-state index in [1.807, 2.05) is 48.5 Å². The number of aliphatic carboxylic acids is 1. The van der Waals surface area contributed by atoms with Crippen molar-refractivity contribution >= 4 is 5.97 Å². The van der Waals surface area contributed by atoms with Crippen molar-refractivity contribution in [2.75, 3.05) is 14.2 Å². The van der Waals surface area contributed by atoms with E-state index in [9.17, 15) is 9.90 Å². The molecule has 4 heteroatoms. The van der Waals surface area contributed by atoms with Gasteiger partial charge in [-0.3, -0.25) is 4.79 Å². The second-order valence-corrected chi connectivity index (χ2v) is 6.21. The minimum atomic E-state index is -0.737. The van der Waals surface area contributed by atoms with Crippen LogP contribution >= 0.6 is 0 Å². The average molecular weight is 326 g/mol. The number of carboxylic acid groups (broad SMARTS) is 1. The molecule has 1 fully saturated rings. The van der Waals surface area contributed by atoms with E-state index < -0.39 is 17.3 Å². The number of ether oxygens (including phenoxy) is 2. The van der Waals surface area contributed by atoms with Crippen LogP contribution in [0.15, 0.2) is 48.5 Å². The van der Waals surface area contributed by atoms with Gasteiger partial charge in [-0.1, -0.05) is 30.7 Å². The van der Waals surface area contributed by atoms with Gasteiger partial charge in [0.15, 0.2) is 0 Å². The fraction of sp³-hybridized carbons (Fsp3) is 0.350. The van der Waals surface area contributed by atoms with Crippen LogP contribution in [0.5, 0.6) is 11.5 Å². The van der Waals surface area contributed by atoms with Crippen LogP contribution < -0.4 is 9.47 Å². The van der Waals surface area contributed by atoms with Crippen LogP contribution in [0.1, 0.15) is 30.4 Å². The molecular formula is C20H22O4. The molecule has 0 aromatic heterocycles. The topological polar surface area (TPSA) is 55.8 Å². The molecule has 1 atom stereocenters. The summed E-state index contributed by atoms with van der Waals surface area (Å²) in [6, 6.07) is 15.6. The lowest BCUT2D eigenvalue weighted by atomic mass is 9.67. The molecule has 1 N–H and O–H groups in total. The molecule has 1 unspecified atom stereocenters. The van der Waals surface area contributed by atoms with E-state index in [4.69, 9.17) is 9.47 Å². The molecule has 24 heavy (non-hydrogen) atoms. The molecule has 0 bridgehead atoms. The van der Waals surface area contributed by atoms with Crippen LogP contribution in [0.25, 0.3) is 0 Å². The molecule has 4 nitrogen and oxygen atoms in total. The highest BCUT2D eigenvalue weighted by molar-refractivity contribution is 5.75. The smallest absolute Gasteiger partial charge is 0.307 e. The van der Waals surface area contributed by atoms with E-state index in [2.05, 4.69) is 0 Å². The molecule has 0 aliphatic heterocycles. The summed E-state index contributed by atoms with van der Waals surface area (Å²) in [7, 11) is 3.26. The van der Waals surface area contributed by atoms with Crippen LogP contribution in [-0.4, -0.2) is 25.3 Å². The van der Waals surface area contributed by atoms with Gasteiger partial charge in [-0.25, -0.2) is 0 Å². The molecule has 126 valence electrons. The van der Waals surface area contributed by atoms with Crippen LogP contribution in [0.4, 0.5) is 0 Å². The molecular weight excluding hydrogens is 304 g/mol. The second-order valence-electron chi connectivity index (χ2n) is 6.21. The first-order valence-corrected chi connectivity index (χ1v) is 8.13. The van der Waals surface area contributed by atoms with Crippen LogP contribution in [-0.2, 0) is 10.2 Å². The Morgan fingerprint density at radius 2 is 1.42 bits per heavy atom.